The molecule has 0 amide bonds. The Kier molecular flexibility index (Phi) is 14.3. The van der Waals surface area contributed by atoms with Crippen LogP contribution in [0.5, 0.6) is 0 Å². The van der Waals surface area contributed by atoms with E-state index < -0.39 is 0 Å². The molecule has 0 saturated carbocycles. The van der Waals surface area contributed by atoms with E-state index in [2.05, 4.69) is 39.0 Å². The lowest BCUT2D eigenvalue weighted by Gasteiger charge is -2.00. The summed E-state index contributed by atoms with van der Waals surface area (Å²) in [4.78, 5) is 33.2. The number of thiophene rings is 4. The highest BCUT2D eigenvalue weighted by Crippen LogP contribution is 2.31. The molecule has 0 saturated heterocycles. The van der Waals surface area contributed by atoms with Gasteiger partial charge in [0.1, 0.15) is 0 Å². The van der Waals surface area contributed by atoms with Gasteiger partial charge in [-0.2, -0.15) is 0 Å². The standard InChI is InChI=1S/2C18H8N4S2.C16H6N6S2/c1-9-5-11-15(13(7-19)21-3)18-12(6-10(2)24-18)16(17(11)23-9)14(8-20)22-4;1-9-5-11-15(13(7-19)21-3)12-6-10(2)24-18(12)16(17(11)23-9)14(8-20)22-4;1-7-21-13-11(9(5-17)19-3)16-14(22-8(2)24-16)12(15(13)23-7)10(6-18)20-4/h2*5-6H,1-2H3;1-2H3/b15-13-,16-14+;;11-9-,12-10+. The fourth-order valence-corrected chi connectivity index (χ4v) is 14.3. The molecule has 0 unspecified atom stereocenters. The Hall–Kier alpha value is -9.62. The normalized spacial score (nSPS) is 11.9. The van der Waals surface area contributed by atoms with Gasteiger partial charge in [0.05, 0.1) is 106 Å². The summed E-state index contributed by atoms with van der Waals surface area (Å²) in [6.45, 7) is 55.3. The number of aryl methyl sites for hydroxylation is 6. The maximum Gasteiger partial charge on any atom is 0.272 e. The number of fused-ring (bicyclic) bond motifs is 6. The van der Waals surface area contributed by atoms with E-state index in [0.29, 0.717) is 51.7 Å². The smallest absolute Gasteiger partial charge is 0.242 e. The second kappa shape index (κ2) is 20.5. The molecule has 72 heavy (non-hydrogen) atoms. The minimum Gasteiger partial charge on any atom is -0.242 e. The van der Waals surface area contributed by atoms with Gasteiger partial charge >= 0.3 is 0 Å². The highest BCUT2D eigenvalue weighted by Gasteiger charge is 2.20. The predicted molar refractivity (Wildman–Crippen MR) is 287 cm³/mol. The lowest BCUT2D eigenvalue weighted by atomic mass is 10.1. The zero-order chi connectivity index (χ0) is 52.3. The van der Waals surface area contributed by atoms with E-state index in [0.717, 1.165) is 69.9 Å². The fourth-order valence-electron chi connectivity index (χ4n) is 7.98. The van der Waals surface area contributed by atoms with E-state index >= 15 is 0 Å². The number of aromatic nitrogens is 2. The summed E-state index contributed by atoms with van der Waals surface area (Å²) in [6.07, 6.45) is 0. The number of nitrogens with zero attached hydrogens (tertiary/aromatic N) is 14. The van der Waals surface area contributed by atoms with Crippen LogP contribution in [0.1, 0.15) is 29.5 Å². The van der Waals surface area contributed by atoms with Crippen LogP contribution in [0.4, 0.5) is 0 Å². The molecule has 20 heteroatoms. The molecule has 14 nitrogen and oxygen atoms in total. The van der Waals surface area contributed by atoms with Crippen LogP contribution < -0.4 is 31.3 Å². The molecule has 6 aromatic heterocycles. The average molecular weight is 1040 g/mol. The monoisotopic (exact) mass is 1030 g/mol. The third-order valence-corrected chi connectivity index (χ3v) is 16.8. The van der Waals surface area contributed by atoms with Gasteiger partial charge in [0.15, 0.2) is 0 Å². The van der Waals surface area contributed by atoms with Crippen LogP contribution in [-0.4, -0.2) is 9.97 Å². The van der Waals surface area contributed by atoms with E-state index in [9.17, 15) is 31.6 Å². The second-order valence-electron chi connectivity index (χ2n) is 14.9. The molecule has 0 aliphatic rings. The fraction of sp³-hybridized carbons (Fsp3) is 0.115. The molecule has 0 aliphatic heterocycles. The number of hydrogen-bond donors (Lipinski definition) is 0. The molecular weight excluding hydrogens is 1010 g/mol. The van der Waals surface area contributed by atoms with Gasteiger partial charge in [-0.25, -0.2) is 70.6 Å². The van der Waals surface area contributed by atoms with E-state index in [1.807, 2.05) is 88.4 Å². The van der Waals surface area contributed by atoms with Crippen LogP contribution in [0, 0.1) is 149 Å². The van der Waals surface area contributed by atoms with Gasteiger partial charge < -0.3 is 0 Å². The number of nitriles is 6. The van der Waals surface area contributed by atoms with Crippen LogP contribution in [0.15, 0.2) is 24.3 Å². The van der Waals surface area contributed by atoms with Gasteiger partial charge in [0.2, 0.25) is 0 Å². The molecule has 9 rings (SSSR count). The molecule has 0 N–H and O–H groups in total. The Bertz CT molecular complexity index is 3840. The third-order valence-electron chi connectivity index (χ3n) is 10.5. The van der Waals surface area contributed by atoms with Crippen molar-refractivity contribution >= 4 is 163 Å². The Balaban J connectivity index is 0.000000158. The van der Waals surface area contributed by atoms with Crippen LogP contribution in [0.2, 0.25) is 0 Å². The highest BCUT2D eigenvalue weighted by molar-refractivity contribution is 7.22. The number of hydrogen-bond acceptors (Lipinski definition) is 14. The summed E-state index contributed by atoms with van der Waals surface area (Å²) in [5.74, 6) is 0. The summed E-state index contributed by atoms with van der Waals surface area (Å²) >= 11 is 8.57. The van der Waals surface area contributed by atoms with Crippen molar-refractivity contribution in [2.75, 3.05) is 0 Å². The van der Waals surface area contributed by atoms with Gasteiger partial charge in [-0.15, -0.1) is 68.0 Å². The Morgan fingerprint density at radius 1 is 0.347 bits per heavy atom. The first-order chi connectivity index (χ1) is 34.6. The second-order valence-corrected chi connectivity index (χ2v) is 22.3. The van der Waals surface area contributed by atoms with Crippen LogP contribution in [0.3, 0.4) is 0 Å². The van der Waals surface area contributed by atoms with Crippen molar-refractivity contribution in [1.82, 2.24) is 9.97 Å². The molecule has 0 atom stereocenters. The maximum atomic E-state index is 9.39. The molecular formula is C52H22N14S6. The van der Waals surface area contributed by atoms with Crippen LogP contribution >= 0.6 is 68.0 Å². The average Bonchev–Trinajstić information content (AvgIpc) is 4.24. The quantitative estimate of drug-likeness (QED) is 0.134. The summed E-state index contributed by atoms with van der Waals surface area (Å²) in [6, 6.07) is 19.5. The zero-order valence-corrected chi connectivity index (χ0v) is 42.9. The van der Waals surface area contributed by atoms with Gasteiger partial charge in [-0.1, -0.05) is 0 Å². The van der Waals surface area contributed by atoms with Crippen molar-refractivity contribution in [3.63, 3.8) is 0 Å². The van der Waals surface area contributed by atoms with Gasteiger partial charge in [-0.3, -0.25) is 0 Å². The van der Waals surface area contributed by atoms with E-state index in [4.69, 9.17) is 39.4 Å². The molecule has 0 radical (unpaired) electrons. The first-order valence-corrected chi connectivity index (χ1v) is 25.1. The first-order valence-electron chi connectivity index (χ1n) is 20.2. The SMILES string of the molecule is [C-]#[N+]/C(C#N)=c1/c2cc(C)sc2/c(=C(\C#N)[N+]#[C-])c2cc(C)sc12.[C-]#[N+]/C(C#N)=c1/c2nc(C)sc2/c(=C(\C#N)[N+]#[C-])c2nc(C)sc12.[C-]#[N+]C(C#N)=c1c2cc(C)sc2c(=C(C#N)[N+]#[C-])c2sc(C)cc12. The van der Waals surface area contributed by atoms with Gasteiger partial charge in [-0.05, 0) is 87.4 Å². The molecule has 0 spiro atoms. The topological polar surface area (TPSA) is 195 Å². The Labute approximate surface area is 433 Å². The molecule has 0 bridgehead atoms. The lowest BCUT2D eigenvalue weighted by molar-refractivity contribution is 1.33. The highest BCUT2D eigenvalue weighted by atomic mass is 32.1. The van der Waals surface area contributed by atoms with Crippen LogP contribution in [0.25, 0.3) is 124 Å². The minimum absolute atomic E-state index is 0.0356. The zero-order valence-electron chi connectivity index (χ0n) is 38.0. The largest absolute Gasteiger partial charge is 0.272 e. The van der Waals surface area contributed by atoms with Crippen molar-refractivity contribution < 1.29 is 0 Å². The van der Waals surface area contributed by atoms with Crippen molar-refractivity contribution in [1.29, 1.82) is 31.6 Å². The van der Waals surface area contributed by atoms with Gasteiger partial charge in [0, 0.05) is 69.6 Å². The van der Waals surface area contributed by atoms with E-state index in [1.165, 1.54) is 68.0 Å². The molecule has 3 aromatic carbocycles. The summed E-state index contributed by atoms with van der Waals surface area (Å²) < 4.78 is 4.39. The Morgan fingerprint density at radius 3 is 0.861 bits per heavy atom. The molecule has 0 aliphatic carbocycles. The van der Waals surface area contributed by atoms with Crippen molar-refractivity contribution in [2.45, 2.75) is 41.5 Å². The summed E-state index contributed by atoms with van der Waals surface area (Å²) in [7, 11) is 0. The molecule has 0 fully saturated rings. The van der Waals surface area contributed by atoms with Crippen molar-refractivity contribution in [3.8, 4) is 36.4 Å². The van der Waals surface area contributed by atoms with Gasteiger partial charge in [0.25, 0.3) is 34.2 Å². The summed E-state index contributed by atoms with van der Waals surface area (Å²) in [5, 5.41) is 64.1. The minimum atomic E-state index is -0.0631. The third kappa shape index (κ3) is 8.49. The van der Waals surface area contributed by atoms with Crippen LogP contribution in [-0.2, 0) is 0 Å². The molecule has 9 aromatic rings. The van der Waals surface area contributed by atoms with Crippen molar-refractivity contribution in [3.05, 3.63) is 154 Å². The Morgan fingerprint density at radius 2 is 0.583 bits per heavy atom. The number of rotatable bonds is 0. The van der Waals surface area contributed by atoms with E-state index in [1.54, 1.807) is 13.8 Å². The first kappa shape index (κ1) is 50.3. The maximum absolute atomic E-state index is 9.39. The predicted octanol–water partition coefficient (Wildman–Crippen LogP) is 10.3. The summed E-state index contributed by atoms with van der Waals surface area (Å²) in [5.41, 5.74) is 0.990. The van der Waals surface area contributed by atoms with E-state index in [-0.39, 0.29) is 34.2 Å². The number of benzene rings is 3. The van der Waals surface area contributed by atoms with Crippen molar-refractivity contribution in [2.24, 2.45) is 0 Å². The lowest BCUT2D eigenvalue weighted by Crippen LogP contribution is -2.16. The number of thiazole rings is 2. The molecule has 336 valence electrons. The molecule has 6 heterocycles.